The molecule has 0 saturated carbocycles. The lowest BCUT2D eigenvalue weighted by molar-refractivity contribution is 0.275. The Morgan fingerprint density at radius 2 is 2.05 bits per heavy atom. The van der Waals surface area contributed by atoms with Gasteiger partial charge in [0.2, 0.25) is 0 Å². The molecule has 0 bridgehead atoms. The third-order valence-electron chi connectivity index (χ3n) is 3.14. The van der Waals surface area contributed by atoms with E-state index in [-0.39, 0.29) is 0 Å². The molecule has 2 rings (SSSR count). The van der Waals surface area contributed by atoms with Crippen LogP contribution in [0.1, 0.15) is 17.0 Å². The summed E-state index contributed by atoms with van der Waals surface area (Å²) in [6, 6.07) is 7.91. The minimum Gasteiger partial charge on any atom is -0.493 e. The second-order valence-corrected chi connectivity index (χ2v) is 4.71. The number of aromatic nitrogens is 2. The van der Waals surface area contributed by atoms with E-state index in [1.165, 1.54) is 0 Å². The van der Waals surface area contributed by atoms with Crippen LogP contribution >= 0.6 is 0 Å². The second-order valence-electron chi connectivity index (χ2n) is 4.71. The summed E-state index contributed by atoms with van der Waals surface area (Å²) in [5.41, 5.74) is 8.71. The molecule has 0 fully saturated rings. The van der Waals surface area contributed by atoms with Crippen LogP contribution in [0.2, 0.25) is 0 Å². The molecule has 1 aromatic heterocycles. The van der Waals surface area contributed by atoms with Crippen molar-refractivity contribution in [3.05, 3.63) is 41.2 Å². The van der Waals surface area contributed by atoms with Crippen molar-refractivity contribution in [2.45, 2.75) is 20.0 Å². The van der Waals surface area contributed by atoms with Gasteiger partial charge in [0.1, 0.15) is 6.61 Å². The maximum Gasteiger partial charge on any atom is 0.161 e. The minimum absolute atomic E-state index is 0.462. The number of nitrogens with two attached hydrogens (primary N) is 1. The zero-order valence-corrected chi connectivity index (χ0v) is 12.2. The third kappa shape index (κ3) is 3.30. The number of ether oxygens (including phenoxy) is 2. The summed E-state index contributed by atoms with van der Waals surface area (Å²) in [5.74, 6) is 1.46. The number of nitrogens with zero attached hydrogens (tertiary/aromatic N) is 2. The topological polar surface area (TPSA) is 62.3 Å². The third-order valence-corrected chi connectivity index (χ3v) is 3.14. The highest BCUT2D eigenvalue weighted by Gasteiger charge is 2.08. The number of hydrogen-bond acceptors (Lipinski definition) is 4. The normalized spacial score (nSPS) is 10.6. The van der Waals surface area contributed by atoms with E-state index in [1.807, 2.05) is 42.9 Å². The molecule has 0 aliphatic heterocycles. The first-order valence-electron chi connectivity index (χ1n) is 6.63. The molecule has 0 saturated heterocycles. The number of hydrogen-bond donors (Lipinski definition) is 1. The van der Waals surface area contributed by atoms with Crippen molar-refractivity contribution in [3.8, 4) is 11.5 Å². The fourth-order valence-corrected chi connectivity index (χ4v) is 2.10. The molecule has 0 atom stereocenters. The molecule has 0 aliphatic carbocycles. The summed E-state index contributed by atoms with van der Waals surface area (Å²) in [5, 5.41) is 4.30. The first-order chi connectivity index (χ1) is 9.63. The standard InChI is InChI=1S/C15H21N3O2/c1-11-8-13(18(2)17-11)10-20-14-5-4-12(6-7-16)9-15(14)19-3/h4-5,8-9H,6-7,10,16H2,1-3H3. The van der Waals surface area contributed by atoms with E-state index in [0.29, 0.717) is 13.2 Å². The van der Waals surface area contributed by atoms with Gasteiger partial charge in [0.25, 0.3) is 0 Å². The van der Waals surface area contributed by atoms with Gasteiger partial charge in [-0.3, -0.25) is 4.68 Å². The van der Waals surface area contributed by atoms with Crippen LogP contribution in [0.15, 0.2) is 24.3 Å². The molecule has 2 N–H and O–H groups in total. The molecule has 20 heavy (non-hydrogen) atoms. The van der Waals surface area contributed by atoms with Crippen LogP contribution in [-0.2, 0) is 20.1 Å². The van der Waals surface area contributed by atoms with Gasteiger partial charge in [0.05, 0.1) is 18.5 Å². The van der Waals surface area contributed by atoms with Gasteiger partial charge in [-0.05, 0) is 43.7 Å². The fourth-order valence-electron chi connectivity index (χ4n) is 2.10. The monoisotopic (exact) mass is 275 g/mol. The van der Waals surface area contributed by atoms with Crippen LogP contribution in [0, 0.1) is 6.92 Å². The summed E-state index contributed by atoms with van der Waals surface area (Å²) in [4.78, 5) is 0. The SMILES string of the molecule is COc1cc(CCN)ccc1OCc1cc(C)nn1C. The van der Waals surface area contributed by atoms with Crippen LogP contribution in [0.25, 0.3) is 0 Å². The van der Waals surface area contributed by atoms with Gasteiger partial charge in [-0.15, -0.1) is 0 Å². The molecular formula is C15H21N3O2. The molecule has 0 radical (unpaired) electrons. The van der Waals surface area contributed by atoms with Crippen molar-refractivity contribution in [1.29, 1.82) is 0 Å². The van der Waals surface area contributed by atoms with Crippen molar-refractivity contribution in [3.63, 3.8) is 0 Å². The van der Waals surface area contributed by atoms with Gasteiger partial charge in [0, 0.05) is 7.05 Å². The Balaban J connectivity index is 2.10. The first kappa shape index (κ1) is 14.4. The smallest absolute Gasteiger partial charge is 0.161 e. The molecule has 0 unspecified atom stereocenters. The maximum absolute atomic E-state index is 5.82. The average molecular weight is 275 g/mol. The summed E-state index contributed by atoms with van der Waals surface area (Å²) in [6.45, 7) is 3.05. The molecule has 0 spiro atoms. The van der Waals surface area contributed by atoms with Crippen molar-refractivity contribution in [2.24, 2.45) is 12.8 Å². The Kier molecular flexibility index (Phi) is 4.63. The maximum atomic E-state index is 5.82. The Morgan fingerprint density at radius 3 is 2.65 bits per heavy atom. The Labute approximate surface area is 119 Å². The highest BCUT2D eigenvalue weighted by atomic mass is 16.5. The van der Waals surface area contributed by atoms with Gasteiger partial charge in [0.15, 0.2) is 11.5 Å². The summed E-state index contributed by atoms with van der Waals surface area (Å²) in [7, 11) is 3.55. The van der Waals surface area contributed by atoms with E-state index in [2.05, 4.69) is 5.10 Å². The number of aryl methyl sites for hydroxylation is 2. The minimum atomic E-state index is 0.462. The quantitative estimate of drug-likeness (QED) is 0.873. The zero-order chi connectivity index (χ0) is 14.5. The van der Waals surface area contributed by atoms with E-state index >= 15 is 0 Å². The van der Waals surface area contributed by atoms with Crippen molar-refractivity contribution >= 4 is 0 Å². The molecule has 108 valence electrons. The van der Waals surface area contributed by atoms with E-state index in [1.54, 1.807) is 7.11 Å². The van der Waals surface area contributed by atoms with E-state index in [4.69, 9.17) is 15.2 Å². The Hall–Kier alpha value is -2.01. The summed E-state index contributed by atoms with van der Waals surface area (Å²) >= 11 is 0. The first-order valence-corrected chi connectivity index (χ1v) is 6.63. The van der Waals surface area contributed by atoms with Crippen molar-refractivity contribution in [1.82, 2.24) is 9.78 Å². The van der Waals surface area contributed by atoms with E-state index in [9.17, 15) is 0 Å². The van der Waals surface area contributed by atoms with Crippen molar-refractivity contribution in [2.75, 3.05) is 13.7 Å². The highest BCUT2D eigenvalue weighted by Crippen LogP contribution is 2.29. The predicted octanol–water partition coefficient (Wildman–Crippen LogP) is 1.82. The van der Waals surface area contributed by atoms with Crippen LogP contribution in [0.4, 0.5) is 0 Å². The Morgan fingerprint density at radius 1 is 1.25 bits per heavy atom. The average Bonchev–Trinajstić information content (AvgIpc) is 2.75. The lowest BCUT2D eigenvalue weighted by Gasteiger charge is -2.12. The molecule has 1 aromatic carbocycles. The zero-order valence-electron chi connectivity index (χ0n) is 12.2. The summed E-state index contributed by atoms with van der Waals surface area (Å²) in [6.07, 6.45) is 0.831. The van der Waals surface area contributed by atoms with Crippen LogP contribution in [0.3, 0.4) is 0 Å². The molecule has 0 amide bonds. The molecule has 2 aromatic rings. The summed E-state index contributed by atoms with van der Waals surface area (Å²) < 4.78 is 13.0. The second kappa shape index (κ2) is 6.43. The Bertz CT molecular complexity index is 578. The molecule has 1 heterocycles. The van der Waals surface area contributed by atoms with Gasteiger partial charge >= 0.3 is 0 Å². The van der Waals surface area contributed by atoms with Gasteiger partial charge in [-0.25, -0.2) is 0 Å². The number of benzene rings is 1. The largest absolute Gasteiger partial charge is 0.493 e. The van der Waals surface area contributed by atoms with Crippen molar-refractivity contribution < 1.29 is 9.47 Å². The van der Waals surface area contributed by atoms with Gasteiger partial charge in [-0.2, -0.15) is 5.10 Å². The highest BCUT2D eigenvalue weighted by molar-refractivity contribution is 5.43. The molecule has 0 aliphatic rings. The lowest BCUT2D eigenvalue weighted by Crippen LogP contribution is -2.05. The lowest BCUT2D eigenvalue weighted by atomic mass is 10.1. The van der Waals surface area contributed by atoms with Crippen LogP contribution < -0.4 is 15.2 Å². The van der Waals surface area contributed by atoms with E-state index in [0.717, 1.165) is 34.9 Å². The predicted molar refractivity (Wildman–Crippen MR) is 78.0 cm³/mol. The van der Waals surface area contributed by atoms with Crippen LogP contribution in [-0.4, -0.2) is 23.4 Å². The van der Waals surface area contributed by atoms with Gasteiger partial charge < -0.3 is 15.2 Å². The number of methoxy groups -OCH3 is 1. The van der Waals surface area contributed by atoms with E-state index < -0.39 is 0 Å². The number of rotatable bonds is 6. The fraction of sp³-hybridized carbons (Fsp3) is 0.400. The van der Waals surface area contributed by atoms with Crippen LogP contribution in [0.5, 0.6) is 11.5 Å². The van der Waals surface area contributed by atoms with Gasteiger partial charge in [-0.1, -0.05) is 6.07 Å². The molecular weight excluding hydrogens is 254 g/mol. The molecule has 5 heteroatoms. The molecule has 5 nitrogen and oxygen atoms in total.